The first-order valence-corrected chi connectivity index (χ1v) is 8.06. The van der Waals surface area contributed by atoms with E-state index < -0.39 is 0 Å². The number of nitrogens with zero attached hydrogens (tertiary/aromatic N) is 1. The minimum absolute atomic E-state index is 0.0611. The first-order valence-electron chi connectivity index (χ1n) is 6.84. The highest BCUT2D eigenvalue weighted by molar-refractivity contribution is 7.73. The van der Waals surface area contributed by atoms with Gasteiger partial charge in [0.05, 0.1) is 6.42 Å². The quantitative estimate of drug-likeness (QED) is 0.872. The van der Waals surface area contributed by atoms with E-state index in [1.807, 2.05) is 25.1 Å². The molecule has 7 heteroatoms. The molecule has 1 aliphatic rings. The van der Waals surface area contributed by atoms with E-state index in [1.54, 1.807) is 11.9 Å². The monoisotopic (exact) mass is 336 g/mol. The summed E-state index contributed by atoms with van der Waals surface area (Å²) in [4.78, 5) is 18.1. The van der Waals surface area contributed by atoms with Crippen LogP contribution in [0.3, 0.4) is 0 Å². The van der Waals surface area contributed by atoms with Crippen LogP contribution in [0.2, 0.25) is 0 Å². The zero-order chi connectivity index (χ0) is 15.7. The molecule has 3 rings (SSSR count). The summed E-state index contributed by atoms with van der Waals surface area (Å²) in [5.41, 5.74) is 1.98. The Hall–Kier alpha value is -1.86. The van der Waals surface area contributed by atoms with Crippen molar-refractivity contribution in [2.24, 2.45) is 0 Å². The van der Waals surface area contributed by atoms with E-state index in [9.17, 15) is 4.79 Å². The second-order valence-electron chi connectivity index (χ2n) is 5.18. The van der Waals surface area contributed by atoms with Crippen LogP contribution in [0.1, 0.15) is 16.1 Å². The number of aryl methyl sites for hydroxylation is 1. The molecule has 0 radical (unpaired) electrons. The lowest BCUT2D eigenvalue weighted by atomic mass is 10.2. The van der Waals surface area contributed by atoms with Crippen molar-refractivity contribution in [2.75, 3.05) is 13.8 Å². The lowest BCUT2D eigenvalue weighted by Gasteiger charge is -2.17. The van der Waals surface area contributed by atoms with E-state index in [1.165, 1.54) is 11.3 Å². The number of hydrogen-bond donors (Lipinski definition) is 1. The molecule has 1 aliphatic heterocycles. The normalized spacial score (nSPS) is 12.5. The molecule has 0 saturated carbocycles. The fourth-order valence-electron chi connectivity index (χ4n) is 2.28. The molecule has 22 heavy (non-hydrogen) atoms. The number of hydrogen-bond acceptors (Lipinski definition) is 5. The molecule has 0 saturated heterocycles. The molecule has 2 heterocycles. The number of benzene rings is 1. The Bertz CT molecular complexity index is 766. The highest BCUT2D eigenvalue weighted by Gasteiger charge is 2.16. The van der Waals surface area contributed by atoms with Crippen molar-refractivity contribution in [1.29, 1.82) is 0 Å². The molecule has 1 N–H and O–H groups in total. The number of thiazole rings is 1. The van der Waals surface area contributed by atoms with Gasteiger partial charge >= 0.3 is 0 Å². The van der Waals surface area contributed by atoms with Crippen LogP contribution in [0, 0.1) is 10.9 Å². The number of likely N-dealkylation sites (N-methyl/N-ethyl adjacent to an activating group) is 1. The smallest absolute Gasteiger partial charge is 0.231 e. The molecule has 0 unspecified atom stereocenters. The maximum absolute atomic E-state index is 12.3. The van der Waals surface area contributed by atoms with Crippen molar-refractivity contribution >= 4 is 29.5 Å². The third kappa shape index (κ3) is 3.15. The summed E-state index contributed by atoms with van der Waals surface area (Å²) >= 11 is 6.56. The number of nitrogens with one attached hydrogen (secondary N) is 1. The average molecular weight is 336 g/mol. The van der Waals surface area contributed by atoms with Gasteiger partial charge in [0, 0.05) is 24.2 Å². The number of ether oxygens (including phenoxy) is 2. The van der Waals surface area contributed by atoms with Crippen LogP contribution in [0.4, 0.5) is 0 Å². The van der Waals surface area contributed by atoms with Gasteiger partial charge < -0.3 is 19.4 Å². The Labute approximate surface area is 137 Å². The summed E-state index contributed by atoms with van der Waals surface area (Å²) in [6.07, 6.45) is 0.366. The number of carbonyl (C=O) groups excluding carboxylic acids is 1. The summed E-state index contributed by atoms with van der Waals surface area (Å²) in [6, 6.07) is 5.73. The van der Waals surface area contributed by atoms with Crippen LogP contribution < -0.4 is 9.47 Å². The number of carbonyl (C=O) groups is 1. The summed E-state index contributed by atoms with van der Waals surface area (Å²) in [5.74, 6) is 1.55. The zero-order valence-corrected chi connectivity index (χ0v) is 14.0. The van der Waals surface area contributed by atoms with Crippen LogP contribution in [0.15, 0.2) is 18.2 Å². The van der Waals surface area contributed by atoms with E-state index in [4.69, 9.17) is 21.7 Å². The van der Waals surface area contributed by atoms with Crippen LogP contribution in [-0.4, -0.2) is 29.6 Å². The number of amides is 1. The first kappa shape index (κ1) is 15.1. The molecule has 0 bridgehead atoms. The highest BCUT2D eigenvalue weighted by Crippen LogP contribution is 2.32. The van der Waals surface area contributed by atoms with Crippen molar-refractivity contribution in [3.8, 4) is 11.5 Å². The minimum Gasteiger partial charge on any atom is -0.454 e. The van der Waals surface area contributed by atoms with Crippen molar-refractivity contribution < 1.29 is 14.3 Å². The van der Waals surface area contributed by atoms with Gasteiger partial charge in [0.25, 0.3) is 0 Å². The lowest BCUT2D eigenvalue weighted by Crippen LogP contribution is -2.27. The van der Waals surface area contributed by atoms with E-state index in [0.29, 0.717) is 16.9 Å². The highest BCUT2D eigenvalue weighted by atomic mass is 32.1. The molecule has 5 nitrogen and oxygen atoms in total. The van der Waals surface area contributed by atoms with Gasteiger partial charge in [-0.1, -0.05) is 6.07 Å². The van der Waals surface area contributed by atoms with E-state index in [2.05, 4.69) is 4.98 Å². The molecular formula is C15H16N2O3S2. The standard InChI is InChI=1S/C15H16N2O3S2/c1-9-13(22-15(21)16-9)6-14(18)17(2)7-10-3-4-11-12(5-10)20-8-19-11/h3-5H,6-8H2,1-2H3,(H,16,21). The molecule has 0 fully saturated rings. The number of aromatic amines is 1. The van der Waals surface area contributed by atoms with E-state index in [-0.39, 0.29) is 12.7 Å². The molecule has 1 aromatic heterocycles. The Morgan fingerprint density at radius 3 is 2.91 bits per heavy atom. The molecular weight excluding hydrogens is 320 g/mol. The SMILES string of the molecule is Cc1[nH]c(=S)sc1CC(=O)N(C)Cc1ccc2c(c1)OCO2. The van der Waals surface area contributed by atoms with Crippen LogP contribution in [0.5, 0.6) is 11.5 Å². The van der Waals surface area contributed by atoms with Gasteiger partial charge in [0.15, 0.2) is 15.5 Å². The number of fused-ring (bicyclic) bond motifs is 1. The van der Waals surface area contributed by atoms with E-state index in [0.717, 1.165) is 27.6 Å². The summed E-state index contributed by atoms with van der Waals surface area (Å²) in [6.45, 7) is 2.72. The Kier molecular flexibility index (Phi) is 4.17. The molecule has 2 aromatic rings. The van der Waals surface area contributed by atoms with Crippen molar-refractivity contribution in [3.05, 3.63) is 38.3 Å². The molecule has 0 aliphatic carbocycles. The van der Waals surface area contributed by atoms with Crippen LogP contribution in [-0.2, 0) is 17.8 Å². The second-order valence-corrected chi connectivity index (χ2v) is 6.95. The fourth-order valence-corrected chi connectivity index (χ4v) is 3.56. The number of aromatic nitrogens is 1. The Morgan fingerprint density at radius 1 is 1.41 bits per heavy atom. The van der Waals surface area contributed by atoms with Crippen molar-refractivity contribution in [3.63, 3.8) is 0 Å². The van der Waals surface area contributed by atoms with Crippen molar-refractivity contribution in [1.82, 2.24) is 9.88 Å². The Balaban J connectivity index is 1.66. The molecule has 1 amide bonds. The lowest BCUT2D eigenvalue weighted by molar-refractivity contribution is -0.129. The van der Waals surface area contributed by atoms with Crippen LogP contribution >= 0.6 is 23.6 Å². The molecule has 116 valence electrons. The molecule has 0 spiro atoms. The first-order chi connectivity index (χ1) is 10.5. The summed E-state index contributed by atoms with van der Waals surface area (Å²) < 4.78 is 11.3. The molecule has 1 aromatic carbocycles. The van der Waals surface area contributed by atoms with Gasteiger partial charge in [-0.15, -0.1) is 11.3 Å². The average Bonchev–Trinajstić information content (AvgIpc) is 3.05. The fraction of sp³-hybridized carbons (Fsp3) is 0.333. The van der Waals surface area contributed by atoms with Gasteiger partial charge in [0.1, 0.15) is 0 Å². The van der Waals surface area contributed by atoms with Gasteiger partial charge in [-0.25, -0.2) is 0 Å². The van der Waals surface area contributed by atoms with Crippen LogP contribution in [0.25, 0.3) is 0 Å². The van der Waals surface area contributed by atoms with Gasteiger partial charge in [-0.2, -0.15) is 0 Å². The predicted molar refractivity (Wildman–Crippen MR) is 87.0 cm³/mol. The third-order valence-electron chi connectivity index (χ3n) is 3.52. The number of H-pyrrole nitrogens is 1. The Morgan fingerprint density at radius 2 is 2.18 bits per heavy atom. The predicted octanol–water partition coefficient (Wildman–Crippen LogP) is 3.04. The number of rotatable bonds is 4. The third-order valence-corrected chi connectivity index (χ3v) is 4.85. The summed E-state index contributed by atoms with van der Waals surface area (Å²) in [7, 11) is 1.80. The maximum Gasteiger partial charge on any atom is 0.231 e. The molecule has 0 atom stereocenters. The van der Waals surface area contributed by atoms with Crippen molar-refractivity contribution in [2.45, 2.75) is 19.9 Å². The van der Waals surface area contributed by atoms with Gasteiger partial charge in [-0.3, -0.25) is 4.79 Å². The second kappa shape index (κ2) is 6.10. The minimum atomic E-state index is 0.0611. The zero-order valence-electron chi connectivity index (χ0n) is 12.3. The summed E-state index contributed by atoms with van der Waals surface area (Å²) in [5, 5.41) is 0. The van der Waals surface area contributed by atoms with Gasteiger partial charge in [-0.05, 0) is 36.8 Å². The van der Waals surface area contributed by atoms with Gasteiger partial charge in [0.2, 0.25) is 12.7 Å². The topological polar surface area (TPSA) is 54.6 Å². The largest absolute Gasteiger partial charge is 0.454 e. The maximum atomic E-state index is 12.3. The van der Waals surface area contributed by atoms with E-state index >= 15 is 0 Å².